The molecule has 224 valence electrons. The highest BCUT2D eigenvalue weighted by molar-refractivity contribution is 5.97. The van der Waals surface area contributed by atoms with E-state index in [9.17, 15) is 50.4 Å². The van der Waals surface area contributed by atoms with Crippen LogP contribution in [0.15, 0.2) is 76.0 Å². The van der Waals surface area contributed by atoms with Gasteiger partial charge in [0.2, 0.25) is 17.5 Å². The van der Waals surface area contributed by atoms with Crippen LogP contribution in [0.4, 0.5) is 0 Å². The quantitative estimate of drug-likeness (QED) is 0.140. The first-order valence-corrected chi connectivity index (χ1v) is 12.8. The Hall–Kier alpha value is -4.92. The normalized spacial score (nSPS) is 22.9. The number of rotatable bonds is 7. The molecule has 13 nitrogen and oxygen atoms in total. The highest BCUT2D eigenvalue weighted by Gasteiger charge is 2.49. The van der Waals surface area contributed by atoms with E-state index >= 15 is 0 Å². The van der Waals surface area contributed by atoms with Crippen molar-refractivity contribution in [2.24, 2.45) is 0 Å². The molecule has 2 heterocycles. The Labute approximate surface area is 242 Å². The van der Waals surface area contributed by atoms with Gasteiger partial charge in [-0.05, 0) is 48.0 Å². The van der Waals surface area contributed by atoms with Crippen molar-refractivity contribution >= 4 is 22.8 Å². The fourth-order valence-corrected chi connectivity index (χ4v) is 4.55. The van der Waals surface area contributed by atoms with E-state index in [4.69, 9.17) is 13.9 Å². The van der Waals surface area contributed by atoms with Gasteiger partial charge >= 0.3 is 0 Å². The van der Waals surface area contributed by atoms with Gasteiger partial charge < -0.3 is 54.7 Å². The van der Waals surface area contributed by atoms with Gasteiger partial charge in [-0.1, -0.05) is 18.2 Å². The highest BCUT2D eigenvalue weighted by atomic mass is 16.7. The SMILES string of the molecule is O=C(C=Cc1ccc(O)cc1)C(O)[C@H]1OC(Oc2c(-c3ccc(O)cc3)oc3cc(O)cc(O)c3c2=O)[C@@H](O)[C@@H](O)[C@@H]1O. The van der Waals surface area contributed by atoms with Crippen molar-refractivity contribution in [1.82, 2.24) is 0 Å². The fraction of sp³-hybridized carbons (Fsp3) is 0.200. The molecule has 1 aliphatic rings. The number of hydrogen-bond acceptors (Lipinski definition) is 13. The second kappa shape index (κ2) is 11.8. The molecule has 1 aromatic heterocycles. The molecule has 1 saturated heterocycles. The summed E-state index contributed by atoms with van der Waals surface area (Å²) in [4.78, 5) is 26.3. The molecular weight excluding hydrogens is 568 g/mol. The topological polar surface area (TPSA) is 228 Å². The molecule has 5 rings (SSSR count). The molecule has 3 aromatic carbocycles. The third-order valence-electron chi connectivity index (χ3n) is 6.82. The number of aliphatic hydroxyl groups is 4. The predicted octanol–water partition coefficient (Wildman–Crippen LogP) is 1.11. The van der Waals surface area contributed by atoms with Crippen molar-refractivity contribution in [3.63, 3.8) is 0 Å². The number of phenols is 4. The number of fused-ring (bicyclic) bond motifs is 1. The van der Waals surface area contributed by atoms with Crippen LogP contribution >= 0.6 is 0 Å². The number of carbonyl (C=O) groups excluding carboxylic acids is 1. The van der Waals surface area contributed by atoms with Gasteiger partial charge in [0.25, 0.3) is 0 Å². The zero-order chi connectivity index (χ0) is 31.0. The van der Waals surface area contributed by atoms with Gasteiger partial charge in [-0.25, -0.2) is 0 Å². The summed E-state index contributed by atoms with van der Waals surface area (Å²) in [6.45, 7) is 0. The minimum Gasteiger partial charge on any atom is -0.508 e. The summed E-state index contributed by atoms with van der Waals surface area (Å²) in [7, 11) is 0. The van der Waals surface area contributed by atoms with Crippen LogP contribution in [0.2, 0.25) is 0 Å². The number of hydrogen-bond donors (Lipinski definition) is 8. The molecule has 4 aromatic rings. The molecule has 0 amide bonds. The number of aliphatic hydroxyl groups excluding tert-OH is 4. The molecule has 0 bridgehead atoms. The second-order valence-corrected chi connectivity index (χ2v) is 9.81. The monoisotopic (exact) mass is 594 g/mol. The minimum atomic E-state index is -2.06. The van der Waals surface area contributed by atoms with Crippen LogP contribution in [0.1, 0.15) is 5.56 Å². The lowest BCUT2D eigenvalue weighted by atomic mass is 9.93. The van der Waals surface area contributed by atoms with Crippen LogP contribution in [-0.4, -0.2) is 83.4 Å². The Morgan fingerprint density at radius 3 is 2.12 bits per heavy atom. The molecule has 43 heavy (non-hydrogen) atoms. The lowest BCUT2D eigenvalue weighted by Gasteiger charge is -2.41. The van der Waals surface area contributed by atoms with Crippen LogP contribution in [-0.2, 0) is 9.53 Å². The number of ether oxygens (including phenoxy) is 2. The van der Waals surface area contributed by atoms with Crippen LogP contribution in [0.5, 0.6) is 28.7 Å². The first-order chi connectivity index (χ1) is 20.4. The van der Waals surface area contributed by atoms with Gasteiger partial charge in [0.05, 0.1) is 0 Å². The number of ketones is 1. The standard InChI is InChI=1S/C30H26O13/c31-15-6-1-13(2-7-15)3-10-18(34)22(36)28-25(39)24(38)26(40)30(42-28)43-29-23(37)21-19(35)11-17(33)12-20(21)41-27(29)14-4-8-16(32)9-5-14/h1-12,22,24-26,28,30-33,35-36,38-40H/t22?,24-,25-,26-,28+,30?/m0/s1. The van der Waals surface area contributed by atoms with Crippen molar-refractivity contribution in [2.75, 3.05) is 0 Å². The van der Waals surface area contributed by atoms with Gasteiger partial charge in [0, 0.05) is 17.7 Å². The van der Waals surface area contributed by atoms with Gasteiger partial charge in [0.1, 0.15) is 64.5 Å². The van der Waals surface area contributed by atoms with E-state index < -0.39 is 70.7 Å². The van der Waals surface area contributed by atoms with E-state index in [1.54, 1.807) is 0 Å². The third-order valence-corrected chi connectivity index (χ3v) is 6.82. The zero-order valence-corrected chi connectivity index (χ0v) is 22.0. The van der Waals surface area contributed by atoms with Gasteiger partial charge in [-0.2, -0.15) is 0 Å². The maximum absolute atomic E-state index is 13.6. The van der Waals surface area contributed by atoms with Crippen LogP contribution < -0.4 is 10.2 Å². The summed E-state index contributed by atoms with van der Waals surface area (Å²) >= 11 is 0. The van der Waals surface area contributed by atoms with E-state index in [2.05, 4.69) is 0 Å². The predicted molar refractivity (Wildman–Crippen MR) is 148 cm³/mol. The molecular formula is C30H26O13. The van der Waals surface area contributed by atoms with E-state index in [0.29, 0.717) is 5.56 Å². The largest absolute Gasteiger partial charge is 0.508 e. The van der Waals surface area contributed by atoms with Crippen LogP contribution in [0.25, 0.3) is 28.4 Å². The molecule has 13 heteroatoms. The molecule has 8 N–H and O–H groups in total. The molecule has 1 aliphatic heterocycles. The second-order valence-electron chi connectivity index (χ2n) is 9.81. The number of phenolic OH excluding ortho intramolecular Hbond substituents is 4. The maximum Gasteiger partial charge on any atom is 0.239 e. The first kappa shape index (κ1) is 29.6. The average molecular weight is 595 g/mol. The smallest absolute Gasteiger partial charge is 0.239 e. The van der Waals surface area contributed by atoms with Crippen molar-refractivity contribution in [3.05, 3.63) is 82.5 Å². The molecule has 0 aliphatic carbocycles. The summed E-state index contributed by atoms with van der Waals surface area (Å²) in [5.41, 5.74) is -0.547. The lowest BCUT2D eigenvalue weighted by Crippen LogP contribution is -2.63. The maximum atomic E-state index is 13.6. The Morgan fingerprint density at radius 2 is 1.47 bits per heavy atom. The van der Waals surface area contributed by atoms with E-state index in [1.165, 1.54) is 54.6 Å². The molecule has 0 spiro atoms. The van der Waals surface area contributed by atoms with Gasteiger partial charge in [0.15, 0.2) is 11.5 Å². The van der Waals surface area contributed by atoms with Gasteiger partial charge in [-0.15, -0.1) is 0 Å². The van der Waals surface area contributed by atoms with E-state index in [0.717, 1.165) is 18.2 Å². The van der Waals surface area contributed by atoms with E-state index in [-0.39, 0.29) is 28.4 Å². The Balaban J connectivity index is 1.50. The van der Waals surface area contributed by atoms with E-state index in [1.807, 2.05) is 0 Å². The average Bonchev–Trinajstić information content (AvgIpc) is 2.97. The summed E-state index contributed by atoms with van der Waals surface area (Å²) in [6, 6.07) is 13.0. The molecule has 1 fully saturated rings. The Bertz CT molecular complexity index is 1730. The summed E-state index contributed by atoms with van der Waals surface area (Å²) < 4.78 is 17.0. The number of aromatic hydroxyl groups is 4. The van der Waals surface area contributed by atoms with Crippen molar-refractivity contribution in [3.8, 4) is 40.1 Å². The summed E-state index contributed by atoms with van der Waals surface area (Å²) in [6.07, 6.45) is -9.52. The van der Waals surface area contributed by atoms with Crippen molar-refractivity contribution < 1.29 is 59.5 Å². The molecule has 6 atom stereocenters. The third kappa shape index (κ3) is 5.88. The lowest BCUT2D eigenvalue weighted by molar-refractivity contribution is -0.285. The summed E-state index contributed by atoms with van der Waals surface area (Å²) in [5.74, 6) is -3.06. The fourth-order valence-electron chi connectivity index (χ4n) is 4.55. The van der Waals surface area contributed by atoms with Crippen LogP contribution in [0.3, 0.4) is 0 Å². The number of benzene rings is 3. The van der Waals surface area contributed by atoms with Crippen molar-refractivity contribution in [1.29, 1.82) is 0 Å². The molecule has 0 radical (unpaired) electrons. The highest BCUT2D eigenvalue weighted by Crippen LogP contribution is 2.37. The molecule has 2 unspecified atom stereocenters. The number of carbonyl (C=O) groups is 1. The van der Waals surface area contributed by atoms with Gasteiger partial charge in [-0.3, -0.25) is 9.59 Å². The molecule has 0 saturated carbocycles. The zero-order valence-electron chi connectivity index (χ0n) is 22.0. The first-order valence-electron chi connectivity index (χ1n) is 12.8. The Morgan fingerprint density at radius 1 is 0.837 bits per heavy atom. The minimum absolute atomic E-state index is 0.00297. The Kier molecular flexibility index (Phi) is 8.08. The summed E-state index contributed by atoms with van der Waals surface area (Å²) in [5, 5.41) is 81.4. The van der Waals surface area contributed by atoms with Crippen molar-refractivity contribution in [2.45, 2.75) is 36.8 Å². The van der Waals surface area contributed by atoms with Crippen LogP contribution in [0, 0.1) is 0 Å².